The van der Waals surface area contributed by atoms with E-state index in [0.29, 0.717) is 35.1 Å². The summed E-state index contributed by atoms with van der Waals surface area (Å²) in [5, 5.41) is 11.7. The fraction of sp³-hybridized carbons (Fsp3) is 0.500. The second-order valence-electron chi connectivity index (χ2n) is 6.60. The number of rotatable bonds is 3. The standard InChI is InChI=1S/C18H20Cl2O4/c1-10-6-12(19)7-13(20)14(10)15-16(21)18(24-17(15)22)5-3-4-11(8-18)9-23-2/h6-7,11,21H,3-5,8-9H2,1-2H3. The van der Waals surface area contributed by atoms with E-state index in [2.05, 4.69) is 0 Å². The summed E-state index contributed by atoms with van der Waals surface area (Å²) < 4.78 is 10.9. The molecule has 3 rings (SSSR count). The third kappa shape index (κ3) is 2.92. The minimum Gasteiger partial charge on any atom is -0.507 e. The van der Waals surface area contributed by atoms with Crippen LogP contribution in [-0.4, -0.2) is 30.4 Å². The van der Waals surface area contributed by atoms with E-state index in [-0.39, 0.29) is 17.3 Å². The molecule has 1 aliphatic heterocycles. The van der Waals surface area contributed by atoms with Crippen molar-refractivity contribution in [1.29, 1.82) is 0 Å². The van der Waals surface area contributed by atoms with Crippen LogP contribution >= 0.6 is 23.2 Å². The summed E-state index contributed by atoms with van der Waals surface area (Å²) in [4.78, 5) is 12.5. The van der Waals surface area contributed by atoms with Crippen LogP contribution in [0.1, 0.15) is 36.8 Å². The van der Waals surface area contributed by atoms with Crippen LogP contribution in [0, 0.1) is 12.8 Å². The fourth-order valence-electron chi connectivity index (χ4n) is 3.87. The Morgan fingerprint density at radius 3 is 2.83 bits per heavy atom. The van der Waals surface area contributed by atoms with Gasteiger partial charge >= 0.3 is 5.97 Å². The number of aliphatic hydroxyl groups is 1. The highest BCUT2D eigenvalue weighted by molar-refractivity contribution is 6.37. The number of methoxy groups -OCH3 is 1. The summed E-state index contributed by atoms with van der Waals surface area (Å²) >= 11 is 12.3. The molecule has 2 atom stereocenters. The first-order valence-electron chi connectivity index (χ1n) is 8.00. The van der Waals surface area contributed by atoms with Gasteiger partial charge < -0.3 is 14.6 Å². The zero-order valence-corrected chi connectivity index (χ0v) is 15.2. The molecule has 1 heterocycles. The predicted molar refractivity (Wildman–Crippen MR) is 93.4 cm³/mol. The topological polar surface area (TPSA) is 55.8 Å². The highest BCUT2D eigenvalue weighted by Crippen LogP contribution is 2.48. The van der Waals surface area contributed by atoms with Crippen LogP contribution < -0.4 is 0 Å². The van der Waals surface area contributed by atoms with Crippen LogP contribution in [0.3, 0.4) is 0 Å². The van der Waals surface area contributed by atoms with Crippen LogP contribution in [0.2, 0.25) is 10.0 Å². The molecule has 4 nitrogen and oxygen atoms in total. The molecule has 2 aliphatic rings. The molecule has 24 heavy (non-hydrogen) atoms. The molecule has 1 saturated carbocycles. The molecular weight excluding hydrogens is 351 g/mol. The molecule has 0 saturated heterocycles. The second-order valence-corrected chi connectivity index (χ2v) is 7.45. The average molecular weight is 371 g/mol. The molecule has 0 bridgehead atoms. The van der Waals surface area contributed by atoms with Gasteiger partial charge in [0.05, 0.1) is 5.02 Å². The molecule has 1 spiro atoms. The Morgan fingerprint density at radius 1 is 1.42 bits per heavy atom. The number of aryl methyl sites for hydroxylation is 1. The molecule has 1 fully saturated rings. The van der Waals surface area contributed by atoms with Gasteiger partial charge in [-0.3, -0.25) is 0 Å². The Bertz CT molecular complexity index is 688. The molecule has 1 aromatic rings. The molecule has 0 aromatic heterocycles. The van der Waals surface area contributed by atoms with Crippen molar-refractivity contribution in [2.24, 2.45) is 5.92 Å². The van der Waals surface area contributed by atoms with Gasteiger partial charge in [0.1, 0.15) is 5.57 Å². The van der Waals surface area contributed by atoms with Crippen molar-refractivity contribution in [3.05, 3.63) is 39.1 Å². The highest BCUT2D eigenvalue weighted by Gasteiger charge is 2.51. The van der Waals surface area contributed by atoms with E-state index in [1.807, 2.05) is 0 Å². The van der Waals surface area contributed by atoms with Crippen molar-refractivity contribution in [3.63, 3.8) is 0 Å². The normalized spacial score (nSPS) is 27.0. The van der Waals surface area contributed by atoms with Crippen molar-refractivity contribution >= 4 is 34.7 Å². The number of hydrogen-bond donors (Lipinski definition) is 1. The van der Waals surface area contributed by atoms with Crippen LogP contribution in [0.4, 0.5) is 0 Å². The zero-order chi connectivity index (χ0) is 17.5. The summed E-state index contributed by atoms with van der Waals surface area (Å²) in [5.41, 5.74) is 0.428. The molecule has 2 unspecified atom stereocenters. The molecule has 1 N–H and O–H groups in total. The zero-order valence-electron chi connectivity index (χ0n) is 13.7. The van der Waals surface area contributed by atoms with E-state index >= 15 is 0 Å². The summed E-state index contributed by atoms with van der Waals surface area (Å²) in [5.74, 6) is -0.293. The summed E-state index contributed by atoms with van der Waals surface area (Å²) in [6.07, 6.45) is 3.03. The van der Waals surface area contributed by atoms with Gasteiger partial charge in [0.2, 0.25) is 0 Å². The molecule has 1 aromatic carbocycles. The van der Waals surface area contributed by atoms with E-state index in [1.54, 1.807) is 26.2 Å². The second kappa shape index (κ2) is 6.58. The quantitative estimate of drug-likeness (QED) is 0.783. The lowest BCUT2D eigenvalue weighted by Crippen LogP contribution is -2.39. The maximum Gasteiger partial charge on any atom is 0.343 e. The predicted octanol–water partition coefficient (Wildman–Crippen LogP) is 4.70. The monoisotopic (exact) mass is 370 g/mol. The van der Waals surface area contributed by atoms with Crippen LogP contribution in [0.25, 0.3) is 5.57 Å². The summed E-state index contributed by atoms with van der Waals surface area (Å²) in [7, 11) is 1.65. The summed E-state index contributed by atoms with van der Waals surface area (Å²) in [6, 6.07) is 3.29. The van der Waals surface area contributed by atoms with E-state index in [0.717, 1.165) is 18.4 Å². The summed E-state index contributed by atoms with van der Waals surface area (Å²) in [6.45, 7) is 2.39. The van der Waals surface area contributed by atoms with Crippen molar-refractivity contribution in [3.8, 4) is 0 Å². The number of carbonyl (C=O) groups is 1. The van der Waals surface area contributed by atoms with Gasteiger partial charge in [0, 0.05) is 24.3 Å². The maximum absolute atomic E-state index is 12.5. The first-order chi connectivity index (χ1) is 11.4. The number of esters is 1. The van der Waals surface area contributed by atoms with Crippen LogP contribution in [-0.2, 0) is 14.3 Å². The van der Waals surface area contributed by atoms with Gasteiger partial charge in [-0.25, -0.2) is 4.79 Å². The lowest BCUT2D eigenvalue weighted by Gasteiger charge is -2.36. The van der Waals surface area contributed by atoms with E-state index in [4.69, 9.17) is 32.7 Å². The molecule has 6 heteroatoms. The van der Waals surface area contributed by atoms with Gasteiger partial charge in [0.15, 0.2) is 11.4 Å². The lowest BCUT2D eigenvalue weighted by atomic mass is 9.76. The van der Waals surface area contributed by atoms with Gasteiger partial charge in [-0.15, -0.1) is 0 Å². The molecule has 0 radical (unpaired) electrons. The highest BCUT2D eigenvalue weighted by atomic mass is 35.5. The minimum atomic E-state index is -0.955. The maximum atomic E-state index is 12.5. The Hall–Kier alpha value is -1.23. The first kappa shape index (κ1) is 17.6. The fourth-order valence-corrected chi connectivity index (χ4v) is 4.56. The molecule has 130 valence electrons. The van der Waals surface area contributed by atoms with Crippen molar-refractivity contribution < 1.29 is 19.4 Å². The average Bonchev–Trinajstić information content (AvgIpc) is 2.71. The van der Waals surface area contributed by atoms with Gasteiger partial charge in [-0.1, -0.05) is 23.2 Å². The third-order valence-electron chi connectivity index (χ3n) is 4.88. The van der Waals surface area contributed by atoms with E-state index in [1.165, 1.54) is 0 Å². The first-order valence-corrected chi connectivity index (χ1v) is 8.75. The van der Waals surface area contributed by atoms with Gasteiger partial charge in [-0.05, 0) is 56.2 Å². The number of benzene rings is 1. The number of halogens is 2. The minimum absolute atomic E-state index is 0.0133. The Kier molecular flexibility index (Phi) is 4.82. The molecule has 1 aliphatic carbocycles. The van der Waals surface area contributed by atoms with Crippen molar-refractivity contribution in [1.82, 2.24) is 0 Å². The molecular formula is C18H20Cl2O4. The lowest BCUT2D eigenvalue weighted by molar-refractivity contribution is -0.151. The number of ether oxygens (including phenoxy) is 2. The van der Waals surface area contributed by atoms with Crippen LogP contribution in [0.15, 0.2) is 17.9 Å². The van der Waals surface area contributed by atoms with Gasteiger partial charge in [0.25, 0.3) is 0 Å². The number of carbonyl (C=O) groups excluding carboxylic acids is 1. The SMILES string of the molecule is COCC1CCCC2(C1)OC(=O)C(c1c(C)cc(Cl)cc1Cl)=C2O. The van der Waals surface area contributed by atoms with E-state index in [9.17, 15) is 9.90 Å². The Labute approximate surface area is 151 Å². The largest absolute Gasteiger partial charge is 0.507 e. The Morgan fingerprint density at radius 2 is 2.17 bits per heavy atom. The number of hydrogen-bond acceptors (Lipinski definition) is 4. The number of aliphatic hydroxyl groups excluding tert-OH is 1. The van der Waals surface area contributed by atoms with Crippen LogP contribution in [0.5, 0.6) is 0 Å². The van der Waals surface area contributed by atoms with Gasteiger partial charge in [-0.2, -0.15) is 0 Å². The molecule has 0 amide bonds. The van der Waals surface area contributed by atoms with Crippen molar-refractivity contribution in [2.75, 3.05) is 13.7 Å². The third-order valence-corrected chi connectivity index (χ3v) is 5.39. The Balaban J connectivity index is 2.05. The van der Waals surface area contributed by atoms with E-state index < -0.39 is 11.6 Å². The smallest absolute Gasteiger partial charge is 0.343 e. The van der Waals surface area contributed by atoms with Crippen molar-refractivity contribution in [2.45, 2.75) is 38.2 Å².